The van der Waals surface area contributed by atoms with Gasteiger partial charge in [-0.1, -0.05) is 25.0 Å². The molecule has 3 nitrogen and oxygen atoms in total. The second-order valence-corrected chi connectivity index (χ2v) is 6.14. The zero-order valence-electron chi connectivity index (χ0n) is 13.2. The lowest BCUT2D eigenvalue weighted by molar-refractivity contribution is 0.122. The highest BCUT2D eigenvalue weighted by atomic mass is 35.5. The van der Waals surface area contributed by atoms with Crippen LogP contribution in [0.4, 0.5) is 4.39 Å². The Labute approximate surface area is 138 Å². The SMILES string of the molecule is COc1cccc([C@H](C2CCCC2)N2CCNCC2)c1F.Cl. The lowest BCUT2D eigenvalue weighted by Gasteiger charge is -2.38. The summed E-state index contributed by atoms with van der Waals surface area (Å²) in [5.41, 5.74) is 0.822. The van der Waals surface area contributed by atoms with Crippen LogP contribution in [0, 0.1) is 11.7 Å². The fourth-order valence-electron chi connectivity index (χ4n) is 3.90. The van der Waals surface area contributed by atoms with Crippen LogP contribution in [0.3, 0.4) is 0 Å². The first-order valence-electron chi connectivity index (χ1n) is 8.08. The number of nitrogens with one attached hydrogen (secondary N) is 1. The summed E-state index contributed by atoms with van der Waals surface area (Å²) in [6.07, 6.45) is 4.98. The van der Waals surface area contributed by atoms with Crippen molar-refractivity contribution in [3.05, 3.63) is 29.6 Å². The molecule has 1 saturated carbocycles. The van der Waals surface area contributed by atoms with Gasteiger partial charge < -0.3 is 10.1 Å². The van der Waals surface area contributed by atoms with Gasteiger partial charge in [0.1, 0.15) is 0 Å². The second kappa shape index (κ2) is 8.14. The van der Waals surface area contributed by atoms with Gasteiger partial charge in [-0.2, -0.15) is 0 Å². The van der Waals surface area contributed by atoms with E-state index >= 15 is 0 Å². The number of hydrogen-bond donors (Lipinski definition) is 1. The summed E-state index contributed by atoms with van der Waals surface area (Å²) in [5, 5.41) is 3.39. The number of rotatable bonds is 4. The Bertz CT molecular complexity index is 474. The summed E-state index contributed by atoms with van der Waals surface area (Å²) < 4.78 is 19.9. The Hall–Kier alpha value is -0.840. The lowest BCUT2D eigenvalue weighted by Crippen LogP contribution is -2.46. The molecule has 0 spiro atoms. The van der Waals surface area contributed by atoms with Crippen LogP contribution in [0.2, 0.25) is 0 Å². The van der Waals surface area contributed by atoms with E-state index in [-0.39, 0.29) is 24.3 Å². The van der Waals surface area contributed by atoms with Gasteiger partial charge in [0, 0.05) is 37.8 Å². The highest BCUT2D eigenvalue weighted by Gasteiger charge is 2.34. The molecule has 1 atom stereocenters. The van der Waals surface area contributed by atoms with Crippen molar-refractivity contribution in [2.45, 2.75) is 31.7 Å². The van der Waals surface area contributed by atoms with Gasteiger partial charge in [-0.15, -0.1) is 12.4 Å². The molecule has 22 heavy (non-hydrogen) atoms. The van der Waals surface area contributed by atoms with E-state index in [1.165, 1.54) is 32.8 Å². The minimum Gasteiger partial charge on any atom is -0.494 e. The fraction of sp³-hybridized carbons (Fsp3) is 0.647. The third-order valence-electron chi connectivity index (χ3n) is 4.92. The third-order valence-corrected chi connectivity index (χ3v) is 4.92. The van der Waals surface area contributed by atoms with Crippen LogP contribution in [0.25, 0.3) is 0 Å². The summed E-state index contributed by atoms with van der Waals surface area (Å²) in [6, 6.07) is 5.77. The molecule has 0 amide bonds. The van der Waals surface area contributed by atoms with Gasteiger partial charge in [0.05, 0.1) is 7.11 Å². The molecule has 0 aromatic heterocycles. The molecule has 1 aromatic carbocycles. The van der Waals surface area contributed by atoms with Crippen molar-refractivity contribution in [3.63, 3.8) is 0 Å². The predicted octanol–water partition coefficient (Wildman–Crippen LogP) is 3.39. The van der Waals surface area contributed by atoms with Crippen LogP contribution < -0.4 is 10.1 Å². The number of methoxy groups -OCH3 is 1. The number of ether oxygens (including phenoxy) is 1. The average molecular weight is 329 g/mol. The average Bonchev–Trinajstić information content (AvgIpc) is 3.04. The minimum absolute atomic E-state index is 0. The highest BCUT2D eigenvalue weighted by molar-refractivity contribution is 5.85. The largest absolute Gasteiger partial charge is 0.494 e. The standard InChI is InChI=1S/C17H25FN2O.ClH/c1-21-15-8-4-7-14(16(15)18)17(13-5-2-3-6-13)20-11-9-19-10-12-20;/h4,7-8,13,17,19H,2-3,5-6,9-12H2,1H3;1H/t17-;/m0./s1. The first kappa shape index (κ1) is 17.5. The molecule has 0 radical (unpaired) electrons. The summed E-state index contributed by atoms with van der Waals surface area (Å²) in [6.45, 7) is 3.99. The Balaban J connectivity index is 0.00000176. The molecule has 1 heterocycles. The van der Waals surface area contributed by atoms with E-state index in [1.54, 1.807) is 6.07 Å². The van der Waals surface area contributed by atoms with Crippen LogP contribution >= 0.6 is 12.4 Å². The molecule has 1 aliphatic heterocycles. The normalized spacial score (nSPS) is 21.4. The molecule has 1 N–H and O–H groups in total. The second-order valence-electron chi connectivity index (χ2n) is 6.14. The topological polar surface area (TPSA) is 24.5 Å². The Morgan fingerprint density at radius 2 is 1.91 bits per heavy atom. The zero-order valence-corrected chi connectivity index (χ0v) is 14.0. The Kier molecular flexibility index (Phi) is 6.48. The van der Waals surface area contributed by atoms with Crippen LogP contribution in [0.15, 0.2) is 18.2 Å². The Morgan fingerprint density at radius 3 is 2.55 bits per heavy atom. The number of halogens is 2. The number of piperazine rings is 1. The van der Waals surface area contributed by atoms with Gasteiger partial charge in [0.25, 0.3) is 0 Å². The number of benzene rings is 1. The Morgan fingerprint density at radius 1 is 1.23 bits per heavy atom. The maximum atomic E-state index is 14.8. The smallest absolute Gasteiger partial charge is 0.169 e. The van der Waals surface area contributed by atoms with Crippen LogP contribution in [0.1, 0.15) is 37.3 Å². The summed E-state index contributed by atoms with van der Waals surface area (Å²) >= 11 is 0. The van der Waals surface area contributed by atoms with Gasteiger partial charge in [-0.3, -0.25) is 4.90 Å². The molecular formula is C17H26ClFN2O. The first-order valence-corrected chi connectivity index (χ1v) is 8.08. The number of hydrogen-bond acceptors (Lipinski definition) is 3. The molecule has 1 aromatic rings. The van der Waals surface area contributed by atoms with Crippen molar-refractivity contribution < 1.29 is 9.13 Å². The van der Waals surface area contributed by atoms with Crippen molar-refractivity contribution in [2.75, 3.05) is 33.3 Å². The summed E-state index contributed by atoms with van der Waals surface area (Å²) in [7, 11) is 1.54. The quantitative estimate of drug-likeness (QED) is 0.917. The summed E-state index contributed by atoms with van der Waals surface area (Å²) in [4.78, 5) is 2.46. The van der Waals surface area contributed by atoms with Crippen molar-refractivity contribution in [1.82, 2.24) is 10.2 Å². The van der Waals surface area contributed by atoms with Crippen molar-refractivity contribution in [2.24, 2.45) is 5.92 Å². The molecule has 2 fully saturated rings. The van der Waals surface area contributed by atoms with Gasteiger partial charge in [0.2, 0.25) is 0 Å². The molecule has 2 aliphatic rings. The van der Waals surface area contributed by atoms with Crippen molar-refractivity contribution in [3.8, 4) is 5.75 Å². The molecule has 0 bridgehead atoms. The third kappa shape index (κ3) is 3.55. The van der Waals surface area contributed by atoms with E-state index in [9.17, 15) is 4.39 Å². The monoisotopic (exact) mass is 328 g/mol. The van der Waals surface area contributed by atoms with E-state index in [1.807, 2.05) is 12.1 Å². The van der Waals surface area contributed by atoms with E-state index in [4.69, 9.17) is 4.74 Å². The predicted molar refractivity (Wildman–Crippen MR) is 89.3 cm³/mol. The highest BCUT2D eigenvalue weighted by Crippen LogP contribution is 2.41. The molecule has 124 valence electrons. The van der Waals surface area contributed by atoms with Crippen LogP contribution in [0.5, 0.6) is 5.75 Å². The first-order chi connectivity index (χ1) is 10.3. The zero-order chi connectivity index (χ0) is 14.7. The molecule has 1 aliphatic carbocycles. The maximum absolute atomic E-state index is 14.8. The van der Waals surface area contributed by atoms with E-state index < -0.39 is 0 Å². The molecular weight excluding hydrogens is 303 g/mol. The van der Waals surface area contributed by atoms with Crippen LogP contribution in [-0.4, -0.2) is 38.2 Å². The molecule has 3 rings (SSSR count). The van der Waals surface area contributed by atoms with Gasteiger partial charge in [-0.05, 0) is 24.8 Å². The molecule has 5 heteroatoms. The van der Waals surface area contributed by atoms with E-state index in [0.29, 0.717) is 11.7 Å². The van der Waals surface area contributed by atoms with Gasteiger partial charge >= 0.3 is 0 Å². The van der Waals surface area contributed by atoms with E-state index in [2.05, 4.69) is 10.2 Å². The van der Waals surface area contributed by atoms with E-state index in [0.717, 1.165) is 31.7 Å². The molecule has 1 saturated heterocycles. The van der Waals surface area contributed by atoms with Crippen LogP contribution in [-0.2, 0) is 0 Å². The fourth-order valence-corrected chi connectivity index (χ4v) is 3.90. The molecule has 0 unspecified atom stereocenters. The lowest BCUT2D eigenvalue weighted by atomic mass is 9.89. The maximum Gasteiger partial charge on any atom is 0.169 e. The summed E-state index contributed by atoms with van der Waals surface area (Å²) in [5.74, 6) is 0.769. The number of nitrogens with zero attached hydrogens (tertiary/aromatic N) is 1. The van der Waals surface area contributed by atoms with Crippen molar-refractivity contribution in [1.29, 1.82) is 0 Å². The van der Waals surface area contributed by atoms with Crippen molar-refractivity contribution >= 4 is 12.4 Å². The van der Waals surface area contributed by atoms with Gasteiger partial charge in [-0.25, -0.2) is 4.39 Å². The van der Waals surface area contributed by atoms with Gasteiger partial charge in [0.15, 0.2) is 11.6 Å². The minimum atomic E-state index is -0.171.